The Morgan fingerprint density at radius 1 is 1.27 bits per heavy atom. The predicted octanol–water partition coefficient (Wildman–Crippen LogP) is 0.149. The third kappa shape index (κ3) is 2.48. The molecular formula is C21H29O11P. The molecule has 0 aromatic carbocycles. The van der Waals surface area contributed by atoms with Crippen LogP contribution in [0.5, 0.6) is 0 Å². The first-order chi connectivity index (χ1) is 15.3. The number of esters is 1. The van der Waals surface area contributed by atoms with Crippen LogP contribution < -0.4 is 0 Å². The lowest BCUT2D eigenvalue weighted by atomic mass is 9.45. The molecule has 0 unspecified atom stereocenters. The number of epoxide rings is 2. The maximum Gasteiger partial charge on any atom is 0.471 e. The van der Waals surface area contributed by atoms with Crippen LogP contribution in [0.25, 0.3) is 0 Å². The smallest absolute Gasteiger partial charge is 0.458 e. The highest BCUT2D eigenvalue weighted by atomic mass is 31.2. The van der Waals surface area contributed by atoms with Crippen molar-refractivity contribution in [2.24, 2.45) is 17.3 Å². The zero-order valence-electron chi connectivity index (χ0n) is 18.6. The van der Waals surface area contributed by atoms with Crippen molar-refractivity contribution in [3.8, 4) is 0 Å². The Morgan fingerprint density at radius 2 is 2.00 bits per heavy atom. The monoisotopic (exact) mass is 488 g/mol. The summed E-state index contributed by atoms with van der Waals surface area (Å²) in [5, 5.41) is 23.1. The molecule has 2 spiro atoms. The van der Waals surface area contributed by atoms with E-state index in [2.05, 4.69) is 11.4 Å². The maximum absolute atomic E-state index is 12.2. The van der Waals surface area contributed by atoms with E-state index < -0.39 is 61.1 Å². The van der Waals surface area contributed by atoms with Crippen LogP contribution in [0, 0.1) is 17.3 Å². The van der Waals surface area contributed by atoms with E-state index >= 15 is 0 Å². The molecular weight excluding hydrogens is 459 g/mol. The summed E-state index contributed by atoms with van der Waals surface area (Å²) in [7, 11) is -4.81. The van der Waals surface area contributed by atoms with Crippen LogP contribution in [0.3, 0.4) is 0 Å². The fourth-order valence-electron chi connectivity index (χ4n) is 7.69. The number of rotatable bonds is 5. The first kappa shape index (κ1) is 22.6. The summed E-state index contributed by atoms with van der Waals surface area (Å²) in [5.74, 6) is -0.816. The average Bonchev–Trinajstić information content (AvgIpc) is 3.61. The highest BCUT2D eigenvalue weighted by molar-refractivity contribution is 7.46. The van der Waals surface area contributed by atoms with Crippen molar-refractivity contribution in [3.63, 3.8) is 0 Å². The Labute approximate surface area is 190 Å². The minimum atomic E-state index is -4.81. The van der Waals surface area contributed by atoms with Gasteiger partial charge in [0.25, 0.3) is 0 Å². The molecule has 0 aromatic heterocycles. The molecule has 3 aliphatic heterocycles. The van der Waals surface area contributed by atoms with Gasteiger partial charge in [0, 0.05) is 11.0 Å². The second-order valence-electron chi connectivity index (χ2n) is 10.7. The van der Waals surface area contributed by atoms with Crippen molar-refractivity contribution >= 4 is 13.8 Å². The number of ether oxygens (including phenoxy) is 4. The zero-order valence-corrected chi connectivity index (χ0v) is 19.5. The molecule has 33 heavy (non-hydrogen) atoms. The minimum absolute atomic E-state index is 0.0530. The van der Waals surface area contributed by atoms with Gasteiger partial charge in [-0.3, -0.25) is 4.52 Å². The van der Waals surface area contributed by atoms with Crippen LogP contribution in [0.15, 0.2) is 11.1 Å². The van der Waals surface area contributed by atoms with Crippen LogP contribution in [0.1, 0.15) is 40.0 Å². The van der Waals surface area contributed by atoms with Gasteiger partial charge in [-0.15, -0.1) is 0 Å². The topological polar surface area (TPSA) is 168 Å². The molecule has 184 valence electrons. The predicted molar refractivity (Wildman–Crippen MR) is 107 cm³/mol. The summed E-state index contributed by atoms with van der Waals surface area (Å²) in [5.41, 5.74) is -2.74. The first-order valence-electron chi connectivity index (χ1n) is 11.3. The lowest BCUT2D eigenvalue weighted by Crippen LogP contribution is -2.76. The number of hydrogen-bond donors (Lipinski definition) is 4. The molecule has 11 nitrogen and oxygen atoms in total. The van der Waals surface area contributed by atoms with Crippen molar-refractivity contribution < 1.29 is 52.8 Å². The van der Waals surface area contributed by atoms with E-state index in [0.717, 1.165) is 11.1 Å². The van der Waals surface area contributed by atoms with Crippen molar-refractivity contribution in [2.75, 3.05) is 13.4 Å². The summed E-state index contributed by atoms with van der Waals surface area (Å²) >= 11 is 0. The normalized spacial score (nSPS) is 51.9. The van der Waals surface area contributed by atoms with Crippen molar-refractivity contribution in [3.05, 3.63) is 11.1 Å². The molecule has 6 aliphatic rings. The van der Waals surface area contributed by atoms with Crippen LogP contribution in [-0.2, 0) is 32.8 Å². The van der Waals surface area contributed by atoms with E-state index in [-0.39, 0.29) is 24.6 Å². The minimum Gasteiger partial charge on any atom is -0.458 e. The summed E-state index contributed by atoms with van der Waals surface area (Å²) in [6.45, 7) is 4.99. The third-order valence-electron chi connectivity index (χ3n) is 9.32. The number of phosphoric ester groups is 1. The second-order valence-corrected chi connectivity index (χ2v) is 12.0. The molecule has 3 heterocycles. The summed E-state index contributed by atoms with van der Waals surface area (Å²) in [4.78, 5) is 30.4. The number of aliphatic hydroxyl groups excluding tert-OH is 1. The van der Waals surface area contributed by atoms with Gasteiger partial charge in [0.1, 0.15) is 36.1 Å². The van der Waals surface area contributed by atoms with Gasteiger partial charge >= 0.3 is 13.8 Å². The van der Waals surface area contributed by atoms with Crippen LogP contribution in [0.2, 0.25) is 0 Å². The van der Waals surface area contributed by atoms with Crippen LogP contribution in [0.4, 0.5) is 0 Å². The van der Waals surface area contributed by atoms with E-state index in [1.165, 1.54) is 0 Å². The molecule has 2 saturated heterocycles. The van der Waals surface area contributed by atoms with Crippen molar-refractivity contribution in [2.45, 2.75) is 81.3 Å². The summed E-state index contributed by atoms with van der Waals surface area (Å²) in [6.07, 6.45) is -1.86. The second kappa shape index (κ2) is 6.46. The molecule has 6 rings (SSSR count). The Kier molecular flexibility index (Phi) is 4.42. The van der Waals surface area contributed by atoms with Gasteiger partial charge in [0.15, 0.2) is 12.4 Å². The Balaban J connectivity index is 1.43. The third-order valence-corrected chi connectivity index (χ3v) is 9.76. The number of fused-ring (bicyclic) bond motifs is 2. The van der Waals surface area contributed by atoms with E-state index in [0.29, 0.717) is 19.3 Å². The molecule has 9 atom stereocenters. The molecule has 2 saturated carbocycles. The summed E-state index contributed by atoms with van der Waals surface area (Å²) < 4.78 is 39.5. The van der Waals surface area contributed by atoms with Gasteiger partial charge in [-0.05, 0) is 36.7 Å². The molecule has 0 amide bonds. The molecule has 12 heteroatoms. The van der Waals surface area contributed by atoms with E-state index in [4.69, 9.17) is 28.7 Å². The first-order valence-corrected chi connectivity index (χ1v) is 12.8. The SMILES string of the molecule is CC(C)[C@]1(O)[C@H](O)[C@H]2O[C@]23[C@]2(O[C@H]2C[C@H]2C4=C(CC[C@@]23C)C(=O)OC4)[C@@H]1OCOP(=O)(O)O. The lowest BCUT2D eigenvalue weighted by molar-refractivity contribution is -0.252. The van der Waals surface area contributed by atoms with E-state index in [9.17, 15) is 19.6 Å². The lowest BCUT2D eigenvalue weighted by Gasteiger charge is -2.57. The Morgan fingerprint density at radius 3 is 2.67 bits per heavy atom. The van der Waals surface area contributed by atoms with Gasteiger partial charge in [0.05, 0.1) is 6.10 Å². The number of cyclic esters (lactones) is 1. The largest absolute Gasteiger partial charge is 0.471 e. The van der Waals surface area contributed by atoms with Crippen LogP contribution >= 0.6 is 7.82 Å². The molecule has 0 aromatic rings. The highest BCUT2D eigenvalue weighted by Gasteiger charge is 2.97. The fourth-order valence-corrected chi connectivity index (χ4v) is 7.88. The Bertz CT molecular complexity index is 1010. The highest BCUT2D eigenvalue weighted by Crippen LogP contribution is 2.80. The van der Waals surface area contributed by atoms with E-state index in [1.54, 1.807) is 13.8 Å². The number of aliphatic hydroxyl groups is 2. The van der Waals surface area contributed by atoms with Gasteiger partial charge < -0.3 is 38.9 Å². The number of carbonyl (C=O) groups excluding carboxylic acids is 1. The van der Waals surface area contributed by atoms with Crippen molar-refractivity contribution in [1.82, 2.24) is 0 Å². The van der Waals surface area contributed by atoms with Gasteiger partial charge in [-0.2, -0.15) is 0 Å². The maximum atomic E-state index is 12.2. The molecule has 0 bridgehead atoms. The van der Waals surface area contributed by atoms with E-state index in [1.807, 2.05) is 0 Å². The standard InChI is InChI=1S/C21H29O11P/c1-9(2)19(24)14(22)15-21(32-15)18(3)5-4-10-11(7-28-16(10)23)12(18)6-13-20(21,31-13)17(19)29-8-30-33(25,26)27/h9,12-15,17,22,24H,4-8H2,1-3H3,(H2,25,26,27)/t12-,13-,14+,15+,17+,18-,19-,20+,21+/m0/s1. The number of carbonyl (C=O) groups is 1. The number of hydrogen-bond acceptors (Lipinski definition) is 9. The van der Waals surface area contributed by atoms with Gasteiger partial charge in [0.2, 0.25) is 0 Å². The molecule has 0 radical (unpaired) electrons. The Hall–Kier alpha value is -0.880. The average molecular weight is 488 g/mol. The molecule has 4 fully saturated rings. The molecule has 3 aliphatic carbocycles. The van der Waals surface area contributed by atoms with Gasteiger partial charge in [-0.25, -0.2) is 9.36 Å². The van der Waals surface area contributed by atoms with Crippen molar-refractivity contribution in [1.29, 1.82) is 0 Å². The summed E-state index contributed by atoms with van der Waals surface area (Å²) in [6, 6.07) is 0. The fraction of sp³-hybridized carbons (Fsp3) is 0.857. The number of phosphoric acid groups is 1. The zero-order chi connectivity index (χ0) is 23.8. The van der Waals surface area contributed by atoms with Gasteiger partial charge in [-0.1, -0.05) is 20.8 Å². The quantitative estimate of drug-likeness (QED) is 0.180. The molecule has 4 N–H and O–H groups in total. The van der Waals surface area contributed by atoms with Crippen LogP contribution in [-0.4, -0.2) is 80.6 Å².